The molecule has 0 heterocycles. The maximum absolute atomic E-state index is 12.9. The van der Waals surface area contributed by atoms with Gasteiger partial charge in [-0.15, -0.1) is 0 Å². The summed E-state index contributed by atoms with van der Waals surface area (Å²) in [5, 5.41) is 7.43. The normalized spacial score (nSPS) is 10.3. The standard InChI is InChI=1S/C16H18FN3/c1-11-9-12(16(18)19)3-4-13(11)10-20(2)15-7-5-14(17)6-8-15/h3-9H,10H2,1-2H3,(H3,18,19). The molecule has 0 bridgehead atoms. The minimum Gasteiger partial charge on any atom is -0.384 e. The van der Waals surface area contributed by atoms with Crippen molar-refractivity contribution in [2.75, 3.05) is 11.9 Å². The number of nitrogens with zero attached hydrogens (tertiary/aromatic N) is 1. The number of halogens is 1. The molecule has 0 aromatic heterocycles. The van der Waals surface area contributed by atoms with E-state index in [1.807, 2.05) is 32.2 Å². The number of aryl methyl sites for hydroxylation is 1. The highest BCUT2D eigenvalue weighted by Gasteiger charge is 2.06. The summed E-state index contributed by atoms with van der Waals surface area (Å²) in [6.07, 6.45) is 0. The summed E-state index contributed by atoms with van der Waals surface area (Å²) in [6.45, 7) is 2.72. The summed E-state index contributed by atoms with van der Waals surface area (Å²) < 4.78 is 12.9. The maximum atomic E-state index is 12.9. The molecule has 0 spiro atoms. The van der Waals surface area contributed by atoms with E-state index in [1.165, 1.54) is 12.1 Å². The summed E-state index contributed by atoms with van der Waals surface area (Å²) in [7, 11) is 1.96. The molecular weight excluding hydrogens is 253 g/mol. The van der Waals surface area contributed by atoms with E-state index in [-0.39, 0.29) is 11.7 Å². The second-order valence-electron chi connectivity index (χ2n) is 4.89. The minimum atomic E-state index is -0.232. The molecule has 0 aliphatic rings. The molecule has 2 aromatic carbocycles. The minimum absolute atomic E-state index is 0.0755. The van der Waals surface area contributed by atoms with Crippen LogP contribution in [0.5, 0.6) is 0 Å². The third-order valence-corrected chi connectivity index (χ3v) is 3.33. The molecule has 20 heavy (non-hydrogen) atoms. The van der Waals surface area contributed by atoms with Crippen LogP contribution in [-0.2, 0) is 6.54 Å². The number of benzene rings is 2. The SMILES string of the molecule is Cc1cc(C(=N)N)ccc1CN(C)c1ccc(F)cc1. The van der Waals surface area contributed by atoms with Gasteiger partial charge in [-0.3, -0.25) is 5.41 Å². The third-order valence-electron chi connectivity index (χ3n) is 3.33. The fraction of sp³-hybridized carbons (Fsp3) is 0.188. The largest absolute Gasteiger partial charge is 0.384 e. The van der Waals surface area contributed by atoms with Crippen LogP contribution in [0.15, 0.2) is 42.5 Å². The van der Waals surface area contributed by atoms with Crippen molar-refractivity contribution in [3.05, 3.63) is 65.0 Å². The smallest absolute Gasteiger partial charge is 0.123 e. The van der Waals surface area contributed by atoms with Gasteiger partial charge in [0.1, 0.15) is 11.7 Å². The summed E-state index contributed by atoms with van der Waals surface area (Å²) in [6, 6.07) is 12.2. The van der Waals surface area contributed by atoms with Crippen LogP contribution in [-0.4, -0.2) is 12.9 Å². The number of nitrogen functional groups attached to an aromatic ring is 1. The second kappa shape index (κ2) is 5.74. The third kappa shape index (κ3) is 3.15. The van der Waals surface area contributed by atoms with Crippen LogP contribution in [0.25, 0.3) is 0 Å². The van der Waals surface area contributed by atoms with Crippen LogP contribution in [0.2, 0.25) is 0 Å². The van der Waals surface area contributed by atoms with Crippen molar-refractivity contribution in [2.24, 2.45) is 5.73 Å². The summed E-state index contributed by atoms with van der Waals surface area (Å²) in [5.41, 5.74) is 9.41. The Morgan fingerprint density at radius 2 is 1.85 bits per heavy atom. The molecule has 0 fully saturated rings. The zero-order chi connectivity index (χ0) is 14.7. The molecule has 0 saturated carbocycles. The van der Waals surface area contributed by atoms with Crippen molar-refractivity contribution < 1.29 is 4.39 Å². The van der Waals surface area contributed by atoms with Gasteiger partial charge < -0.3 is 10.6 Å². The lowest BCUT2D eigenvalue weighted by molar-refractivity contribution is 0.627. The van der Waals surface area contributed by atoms with Gasteiger partial charge in [0.25, 0.3) is 0 Å². The Morgan fingerprint density at radius 3 is 2.40 bits per heavy atom. The van der Waals surface area contributed by atoms with Crippen molar-refractivity contribution in [1.29, 1.82) is 5.41 Å². The number of nitrogens with two attached hydrogens (primary N) is 1. The Labute approximate surface area is 118 Å². The number of amidine groups is 1. The maximum Gasteiger partial charge on any atom is 0.123 e. The first-order valence-corrected chi connectivity index (χ1v) is 6.38. The summed E-state index contributed by atoms with van der Waals surface area (Å²) in [4.78, 5) is 2.05. The first-order chi connectivity index (χ1) is 9.47. The van der Waals surface area contributed by atoms with Crippen LogP contribution in [0, 0.1) is 18.2 Å². The Hall–Kier alpha value is -2.36. The summed E-state index contributed by atoms with van der Waals surface area (Å²) >= 11 is 0. The van der Waals surface area contributed by atoms with Gasteiger partial charge in [0, 0.05) is 24.8 Å². The molecule has 4 heteroatoms. The Balaban J connectivity index is 2.17. The molecule has 2 aromatic rings. The molecule has 2 rings (SSSR count). The van der Waals surface area contributed by atoms with Crippen LogP contribution in [0.3, 0.4) is 0 Å². The molecular formula is C16H18FN3. The van der Waals surface area contributed by atoms with Gasteiger partial charge in [0.05, 0.1) is 0 Å². The van der Waals surface area contributed by atoms with E-state index in [0.717, 1.165) is 28.9 Å². The van der Waals surface area contributed by atoms with E-state index in [4.69, 9.17) is 11.1 Å². The van der Waals surface area contributed by atoms with Gasteiger partial charge in [-0.25, -0.2) is 4.39 Å². The molecule has 0 unspecified atom stereocenters. The van der Waals surface area contributed by atoms with Gasteiger partial charge in [-0.05, 0) is 48.4 Å². The average molecular weight is 271 g/mol. The van der Waals surface area contributed by atoms with Crippen molar-refractivity contribution >= 4 is 11.5 Å². The van der Waals surface area contributed by atoms with Crippen molar-refractivity contribution in [3.63, 3.8) is 0 Å². The first kappa shape index (κ1) is 14.1. The molecule has 3 nitrogen and oxygen atoms in total. The lowest BCUT2D eigenvalue weighted by Gasteiger charge is -2.20. The van der Waals surface area contributed by atoms with E-state index in [2.05, 4.69) is 4.90 Å². The van der Waals surface area contributed by atoms with Gasteiger partial charge in [-0.2, -0.15) is 0 Å². The van der Waals surface area contributed by atoms with E-state index in [1.54, 1.807) is 12.1 Å². The highest BCUT2D eigenvalue weighted by Crippen LogP contribution is 2.18. The second-order valence-corrected chi connectivity index (χ2v) is 4.89. The molecule has 0 radical (unpaired) electrons. The fourth-order valence-electron chi connectivity index (χ4n) is 2.08. The van der Waals surface area contributed by atoms with Gasteiger partial charge in [0.2, 0.25) is 0 Å². The summed E-state index contributed by atoms with van der Waals surface area (Å²) in [5.74, 6) is -0.157. The van der Waals surface area contributed by atoms with Gasteiger partial charge in [0.15, 0.2) is 0 Å². The van der Waals surface area contributed by atoms with E-state index < -0.39 is 0 Å². The van der Waals surface area contributed by atoms with Crippen molar-refractivity contribution in [3.8, 4) is 0 Å². The van der Waals surface area contributed by atoms with Crippen LogP contribution in [0.1, 0.15) is 16.7 Å². The topological polar surface area (TPSA) is 53.1 Å². The lowest BCUT2D eigenvalue weighted by atomic mass is 10.0. The van der Waals surface area contributed by atoms with Gasteiger partial charge >= 0.3 is 0 Å². The van der Waals surface area contributed by atoms with Crippen LogP contribution in [0.4, 0.5) is 10.1 Å². The van der Waals surface area contributed by atoms with Crippen LogP contribution < -0.4 is 10.6 Å². The molecule has 3 N–H and O–H groups in total. The van der Waals surface area contributed by atoms with E-state index in [9.17, 15) is 4.39 Å². The number of hydrogen-bond acceptors (Lipinski definition) is 2. The van der Waals surface area contributed by atoms with E-state index in [0.29, 0.717) is 0 Å². The van der Waals surface area contributed by atoms with E-state index >= 15 is 0 Å². The number of hydrogen-bond donors (Lipinski definition) is 2. The molecule has 0 aliphatic carbocycles. The monoisotopic (exact) mass is 271 g/mol. The molecule has 0 aliphatic heterocycles. The zero-order valence-electron chi connectivity index (χ0n) is 11.7. The van der Waals surface area contributed by atoms with Crippen LogP contribution >= 0.6 is 0 Å². The number of anilines is 1. The highest BCUT2D eigenvalue weighted by atomic mass is 19.1. The molecule has 104 valence electrons. The molecule has 0 saturated heterocycles. The predicted molar refractivity (Wildman–Crippen MR) is 80.7 cm³/mol. The Bertz CT molecular complexity index is 620. The lowest BCUT2D eigenvalue weighted by Crippen LogP contribution is -2.17. The highest BCUT2D eigenvalue weighted by molar-refractivity contribution is 5.95. The Kier molecular flexibility index (Phi) is 4.03. The van der Waals surface area contributed by atoms with Gasteiger partial charge in [-0.1, -0.05) is 12.1 Å². The number of nitrogens with one attached hydrogen (secondary N) is 1. The zero-order valence-corrected chi connectivity index (χ0v) is 11.7. The van der Waals surface area contributed by atoms with Crippen molar-refractivity contribution in [2.45, 2.75) is 13.5 Å². The predicted octanol–water partition coefficient (Wildman–Crippen LogP) is 3.05. The number of rotatable bonds is 4. The van der Waals surface area contributed by atoms with Crippen molar-refractivity contribution in [1.82, 2.24) is 0 Å². The quantitative estimate of drug-likeness (QED) is 0.663. The first-order valence-electron chi connectivity index (χ1n) is 6.38. The Morgan fingerprint density at radius 1 is 1.20 bits per heavy atom. The molecule has 0 amide bonds. The fourth-order valence-corrected chi connectivity index (χ4v) is 2.08. The average Bonchev–Trinajstić information content (AvgIpc) is 2.41. The molecule has 0 atom stereocenters.